The van der Waals surface area contributed by atoms with Crippen LogP contribution in [0.5, 0.6) is 0 Å². The van der Waals surface area contributed by atoms with Crippen molar-refractivity contribution >= 4 is 35.8 Å². The molecule has 1 amide bonds. The van der Waals surface area contributed by atoms with E-state index in [1.54, 1.807) is 0 Å². The van der Waals surface area contributed by atoms with Crippen molar-refractivity contribution in [1.29, 1.82) is 0 Å². The highest BCUT2D eigenvalue weighted by Crippen LogP contribution is 2.20. The van der Waals surface area contributed by atoms with Gasteiger partial charge in [-0.3, -0.25) is 9.69 Å². The second-order valence-corrected chi connectivity index (χ2v) is 8.66. The van der Waals surface area contributed by atoms with Crippen LogP contribution in [-0.2, 0) is 17.9 Å². The maximum absolute atomic E-state index is 12.0. The molecule has 6 nitrogen and oxygen atoms in total. The Morgan fingerprint density at radius 3 is 2.57 bits per heavy atom. The number of rotatable bonds is 7. The van der Waals surface area contributed by atoms with Crippen LogP contribution >= 0.6 is 24.0 Å². The van der Waals surface area contributed by atoms with Crippen LogP contribution in [0.15, 0.2) is 29.3 Å². The molecule has 2 unspecified atom stereocenters. The van der Waals surface area contributed by atoms with Gasteiger partial charge in [-0.15, -0.1) is 24.0 Å². The van der Waals surface area contributed by atoms with Crippen LogP contribution in [0.25, 0.3) is 0 Å². The van der Waals surface area contributed by atoms with Crippen molar-refractivity contribution in [1.82, 2.24) is 20.4 Å². The first-order chi connectivity index (χ1) is 14.0. The van der Waals surface area contributed by atoms with E-state index in [0.717, 1.165) is 38.6 Å². The Morgan fingerprint density at radius 1 is 1.23 bits per heavy atom. The van der Waals surface area contributed by atoms with Crippen molar-refractivity contribution < 1.29 is 4.79 Å². The predicted octanol–water partition coefficient (Wildman–Crippen LogP) is 3.21. The molecule has 2 saturated heterocycles. The number of likely N-dealkylation sites (tertiary alicyclic amines) is 2. The van der Waals surface area contributed by atoms with Crippen molar-refractivity contribution in [3.8, 4) is 0 Å². The second kappa shape index (κ2) is 11.9. The fourth-order valence-electron chi connectivity index (χ4n) is 4.22. The molecule has 2 fully saturated rings. The molecule has 0 radical (unpaired) electrons. The van der Waals surface area contributed by atoms with Crippen molar-refractivity contribution in [2.45, 2.75) is 65.7 Å². The molecular weight excluding hydrogens is 489 g/mol. The van der Waals surface area contributed by atoms with Crippen LogP contribution in [-0.4, -0.2) is 59.9 Å². The number of halogens is 1. The van der Waals surface area contributed by atoms with Crippen LogP contribution < -0.4 is 10.6 Å². The molecule has 2 atom stereocenters. The average molecular weight is 527 g/mol. The summed E-state index contributed by atoms with van der Waals surface area (Å²) in [5.41, 5.74) is 2.38. The molecule has 2 aliphatic heterocycles. The number of amides is 1. The van der Waals surface area contributed by atoms with E-state index in [2.05, 4.69) is 61.4 Å². The van der Waals surface area contributed by atoms with Gasteiger partial charge in [-0.2, -0.15) is 0 Å². The molecule has 168 valence electrons. The number of benzene rings is 1. The smallest absolute Gasteiger partial charge is 0.222 e. The van der Waals surface area contributed by atoms with Crippen LogP contribution in [0.3, 0.4) is 0 Å². The van der Waals surface area contributed by atoms with Gasteiger partial charge in [-0.1, -0.05) is 31.2 Å². The summed E-state index contributed by atoms with van der Waals surface area (Å²) >= 11 is 0. The molecule has 7 heteroatoms. The maximum atomic E-state index is 12.0. The number of guanidine groups is 1. The molecule has 0 aromatic heterocycles. The first kappa shape index (κ1) is 24.9. The van der Waals surface area contributed by atoms with Crippen LogP contribution in [0.1, 0.15) is 51.7 Å². The standard InChI is InChI=1S/C23H37N5O.HI/c1-5-24-23(26-21-16-28(17(2)3)14-18(21)4)25-13-19-9-6-7-10-20(19)15-27-12-8-11-22(27)29;/h6-7,9-10,17-18,21H,5,8,11-16H2,1-4H3,(H2,24,25,26);1H. The van der Waals surface area contributed by atoms with Gasteiger partial charge in [0.2, 0.25) is 5.91 Å². The van der Waals surface area contributed by atoms with Gasteiger partial charge in [0.15, 0.2) is 5.96 Å². The Bertz CT molecular complexity index is 723. The molecule has 1 aromatic carbocycles. The number of carbonyl (C=O) groups is 1. The Morgan fingerprint density at radius 2 is 1.97 bits per heavy atom. The van der Waals surface area contributed by atoms with Gasteiger partial charge in [-0.05, 0) is 44.2 Å². The minimum absolute atomic E-state index is 0. The summed E-state index contributed by atoms with van der Waals surface area (Å²) in [6.07, 6.45) is 1.66. The molecule has 3 rings (SSSR count). The lowest BCUT2D eigenvalue weighted by Crippen LogP contribution is -2.46. The van der Waals surface area contributed by atoms with Crippen molar-refractivity contribution in [3.05, 3.63) is 35.4 Å². The molecule has 0 saturated carbocycles. The van der Waals surface area contributed by atoms with E-state index in [-0.39, 0.29) is 29.9 Å². The molecule has 2 aliphatic rings. The SMILES string of the molecule is CCNC(=NCc1ccccc1CN1CCCC1=O)NC1CN(C(C)C)CC1C.I. The van der Waals surface area contributed by atoms with Gasteiger partial charge in [0.05, 0.1) is 6.54 Å². The topological polar surface area (TPSA) is 60.0 Å². The lowest BCUT2D eigenvalue weighted by molar-refractivity contribution is -0.128. The summed E-state index contributed by atoms with van der Waals surface area (Å²) in [6.45, 7) is 14.1. The third-order valence-electron chi connectivity index (χ3n) is 6.10. The average Bonchev–Trinajstić information content (AvgIpc) is 3.27. The zero-order valence-electron chi connectivity index (χ0n) is 18.9. The molecule has 2 heterocycles. The highest BCUT2D eigenvalue weighted by atomic mass is 127. The lowest BCUT2D eigenvalue weighted by atomic mass is 10.1. The molecule has 30 heavy (non-hydrogen) atoms. The number of aliphatic imine (C=N–C) groups is 1. The Labute approximate surface area is 198 Å². The summed E-state index contributed by atoms with van der Waals surface area (Å²) in [6, 6.07) is 9.34. The van der Waals surface area contributed by atoms with E-state index in [4.69, 9.17) is 4.99 Å². The number of carbonyl (C=O) groups excluding carboxylic acids is 1. The molecular formula is C23H38IN5O. The number of nitrogens with one attached hydrogen (secondary N) is 2. The minimum Gasteiger partial charge on any atom is -0.357 e. The highest BCUT2D eigenvalue weighted by molar-refractivity contribution is 14.0. The molecule has 0 spiro atoms. The number of nitrogens with zero attached hydrogens (tertiary/aromatic N) is 3. The van der Waals surface area contributed by atoms with E-state index in [1.807, 2.05) is 11.0 Å². The third-order valence-corrected chi connectivity index (χ3v) is 6.10. The van der Waals surface area contributed by atoms with Gasteiger partial charge >= 0.3 is 0 Å². The largest absolute Gasteiger partial charge is 0.357 e. The van der Waals surface area contributed by atoms with E-state index >= 15 is 0 Å². The molecule has 1 aromatic rings. The van der Waals surface area contributed by atoms with Crippen LogP contribution in [0.4, 0.5) is 0 Å². The number of hydrogen-bond acceptors (Lipinski definition) is 3. The zero-order valence-corrected chi connectivity index (χ0v) is 21.2. The summed E-state index contributed by atoms with van der Waals surface area (Å²) in [5, 5.41) is 7.05. The Balaban J connectivity index is 0.00000320. The van der Waals surface area contributed by atoms with Gasteiger partial charge in [0.25, 0.3) is 0 Å². The summed E-state index contributed by atoms with van der Waals surface area (Å²) in [4.78, 5) is 21.4. The van der Waals surface area contributed by atoms with Crippen molar-refractivity contribution in [3.63, 3.8) is 0 Å². The van der Waals surface area contributed by atoms with Crippen LogP contribution in [0.2, 0.25) is 0 Å². The van der Waals surface area contributed by atoms with Crippen LogP contribution in [0, 0.1) is 5.92 Å². The summed E-state index contributed by atoms with van der Waals surface area (Å²) in [7, 11) is 0. The van der Waals surface area contributed by atoms with Crippen molar-refractivity contribution in [2.24, 2.45) is 10.9 Å². The highest BCUT2D eigenvalue weighted by Gasteiger charge is 2.31. The van der Waals surface area contributed by atoms with Gasteiger partial charge in [0, 0.05) is 51.2 Å². The summed E-state index contributed by atoms with van der Waals surface area (Å²) in [5.74, 6) is 1.74. The summed E-state index contributed by atoms with van der Waals surface area (Å²) < 4.78 is 0. The fourth-order valence-corrected chi connectivity index (χ4v) is 4.22. The number of hydrogen-bond donors (Lipinski definition) is 2. The first-order valence-corrected chi connectivity index (χ1v) is 11.1. The van der Waals surface area contributed by atoms with Crippen molar-refractivity contribution in [2.75, 3.05) is 26.2 Å². The molecule has 0 bridgehead atoms. The fraction of sp³-hybridized carbons (Fsp3) is 0.652. The van der Waals surface area contributed by atoms with Gasteiger partial charge < -0.3 is 15.5 Å². The Kier molecular flexibility index (Phi) is 9.87. The monoisotopic (exact) mass is 527 g/mol. The lowest BCUT2D eigenvalue weighted by Gasteiger charge is -2.22. The normalized spacial score (nSPS) is 22.5. The molecule has 0 aliphatic carbocycles. The third kappa shape index (κ3) is 6.57. The molecule has 2 N–H and O–H groups in total. The predicted molar refractivity (Wildman–Crippen MR) is 134 cm³/mol. The quantitative estimate of drug-likeness (QED) is 0.325. The van der Waals surface area contributed by atoms with E-state index in [0.29, 0.717) is 37.5 Å². The van der Waals surface area contributed by atoms with E-state index < -0.39 is 0 Å². The minimum atomic E-state index is 0. The van der Waals surface area contributed by atoms with Gasteiger partial charge in [-0.25, -0.2) is 4.99 Å². The first-order valence-electron chi connectivity index (χ1n) is 11.1. The maximum Gasteiger partial charge on any atom is 0.222 e. The second-order valence-electron chi connectivity index (χ2n) is 8.66. The Hall–Kier alpha value is -1.35. The zero-order chi connectivity index (χ0) is 20.8. The van der Waals surface area contributed by atoms with E-state index in [1.165, 1.54) is 11.1 Å². The van der Waals surface area contributed by atoms with Gasteiger partial charge in [0.1, 0.15) is 0 Å². The van der Waals surface area contributed by atoms with E-state index in [9.17, 15) is 4.79 Å².